The molecule has 0 aromatic heterocycles. The molecule has 4 N–H and O–H groups in total. The lowest BCUT2D eigenvalue weighted by molar-refractivity contribution is 0.0402. The van der Waals surface area contributed by atoms with Gasteiger partial charge < -0.3 is 15.3 Å². The molecule has 2 rings (SSSR count). The summed E-state index contributed by atoms with van der Waals surface area (Å²) in [6.07, 6.45) is -0.400. The Kier molecular flexibility index (Phi) is 10.6. The zero-order valence-electron chi connectivity index (χ0n) is 15.5. The van der Waals surface area contributed by atoms with Crippen LogP contribution in [0.25, 0.3) is 0 Å². The van der Waals surface area contributed by atoms with Crippen molar-refractivity contribution < 1.29 is 24.9 Å². The van der Waals surface area contributed by atoms with Crippen molar-refractivity contribution in [3.05, 3.63) is 71.8 Å². The van der Waals surface area contributed by atoms with Gasteiger partial charge in [0.25, 0.3) is 0 Å². The number of aliphatic hydroxyl groups excluding tert-OH is 1. The highest BCUT2D eigenvalue weighted by Gasteiger charge is 2.19. The van der Waals surface area contributed by atoms with Crippen LogP contribution >= 0.6 is 0 Å². The van der Waals surface area contributed by atoms with Crippen molar-refractivity contribution in [1.82, 2.24) is 5.32 Å². The standard InChI is InChI=1S/2C7H6O2.C6H15NO/c2*8-7(9)6-4-2-1-3-5-6;1-6(2,3)5(8)7-4/h2*1-5H,(H,8,9);5,7-8H,1-4H3. The van der Waals surface area contributed by atoms with E-state index in [2.05, 4.69) is 5.32 Å². The minimum Gasteiger partial charge on any atom is -0.478 e. The second kappa shape index (κ2) is 11.8. The highest BCUT2D eigenvalue weighted by molar-refractivity contribution is 5.87. The number of nitrogens with one attached hydrogen (secondary N) is 1. The van der Waals surface area contributed by atoms with Crippen LogP contribution in [0.4, 0.5) is 0 Å². The number of aliphatic hydroxyl groups is 1. The summed E-state index contributed by atoms with van der Waals surface area (Å²) in [4.78, 5) is 20.4. The molecule has 2 aromatic carbocycles. The fourth-order valence-electron chi connectivity index (χ4n) is 1.59. The van der Waals surface area contributed by atoms with Crippen molar-refractivity contribution in [2.75, 3.05) is 7.05 Å². The Morgan fingerprint density at radius 2 is 1.12 bits per heavy atom. The summed E-state index contributed by atoms with van der Waals surface area (Å²) in [5.74, 6) is -1.76. The van der Waals surface area contributed by atoms with E-state index in [4.69, 9.17) is 15.3 Å². The van der Waals surface area contributed by atoms with Gasteiger partial charge in [0.1, 0.15) is 6.23 Å². The van der Waals surface area contributed by atoms with E-state index in [1.165, 1.54) is 0 Å². The van der Waals surface area contributed by atoms with Crippen molar-refractivity contribution >= 4 is 11.9 Å². The third-order valence-electron chi connectivity index (χ3n) is 3.14. The molecule has 6 nitrogen and oxygen atoms in total. The predicted octanol–water partition coefficient (Wildman–Crippen LogP) is 3.34. The number of carboxylic acids is 2. The fourth-order valence-corrected chi connectivity index (χ4v) is 1.59. The zero-order chi connectivity index (χ0) is 20.2. The average Bonchev–Trinajstić information content (AvgIpc) is 2.62. The Morgan fingerprint density at radius 3 is 1.23 bits per heavy atom. The quantitative estimate of drug-likeness (QED) is 0.625. The van der Waals surface area contributed by atoms with Crippen LogP contribution in [0, 0.1) is 5.41 Å². The zero-order valence-corrected chi connectivity index (χ0v) is 15.5. The Labute approximate surface area is 154 Å². The number of hydrogen-bond acceptors (Lipinski definition) is 4. The summed E-state index contributed by atoms with van der Waals surface area (Å²) in [6.45, 7) is 5.94. The fraction of sp³-hybridized carbons (Fsp3) is 0.300. The van der Waals surface area contributed by atoms with Gasteiger partial charge in [0, 0.05) is 5.41 Å². The van der Waals surface area contributed by atoms with Gasteiger partial charge in [0.05, 0.1) is 11.1 Å². The van der Waals surface area contributed by atoms with Crippen LogP contribution in [0.15, 0.2) is 60.7 Å². The van der Waals surface area contributed by atoms with E-state index in [0.29, 0.717) is 11.1 Å². The third kappa shape index (κ3) is 10.2. The molecule has 0 saturated carbocycles. The number of carboxylic acid groups (broad SMARTS) is 2. The van der Waals surface area contributed by atoms with Crippen molar-refractivity contribution in [2.24, 2.45) is 5.41 Å². The summed E-state index contributed by atoms with van der Waals surface area (Å²) >= 11 is 0. The molecule has 0 heterocycles. The Balaban J connectivity index is 0.000000362. The van der Waals surface area contributed by atoms with Crippen molar-refractivity contribution in [3.63, 3.8) is 0 Å². The first-order chi connectivity index (χ1) is 12.1. The molecule has 6 heteroatoms. The van der Waals surface area contributed by atoms with E-state index < -0.39 is 18.2 Å². The molecule has 0 radical (unpaired) electrons. The molecule has 0 aliphatic heterocycles. The summed E-state index contributed by atoms with van der Waals surface area (Å²) in [6, 6.07) is 16.6. The SMILES string of the molecule is CNC(O)C(C)(C)C.O=C(O)c1ccccc1.O=C(O)c1ccccc1. The van der Waals surface area contributed by atoms with Crippen LogP contribution in [0.5, 0.6) is 0 Å². The van der Waals surface area contributed by atoms with Crippen molar-refractivity contribution in [3.8, 4) is 0 Å². The highest BCUT2D eigenvalue weighted by atomic mass is 16.4. The highest BCUT2D eigenvalue weighted by Crippen LogP contribution is 2.15. The molecule has 1 atom stereocenters. The molecule has 0 amide bonds. The maximum atomic E-state index is 10.2. The summed E-state index contributed by atoms with van der Waals surface area (Å²) in [5, 5.41) is 28.6. The van der Waals surface area contributed by atoms with E-state index in [9.17, 15) is 9.59 Å². The van der Waals surface area contributed by atoms with Gasteiger partial charge in [0.2, 0.25) is 0 Å². The van der Waals surface area contributed by atoms with Crippen LogP contribution in [0.1, 0.15) is 41.5 Å². The van der Waals surface area contributed by atoms with Crippen LogP contribution in [0.2, 0.25) is 0 Å². The normalized spacial score (nSPS) is 11.1. The second-order valence-electron chi connectivity index (χ2n) is 6.40. The van der Waals surface area contributed by atoms with E-state index in [1.54, 1.807) is 67.7 Å². The first kappa shape index (κ1) is 23.3. The maximum Gasteiger partial charge on any atom is 0.335 e. The molecule has 0 aliphatic carbocycles. The smallest absolute Gasteiger partial charge is 0.335 e. The summed E-state index contributed by atoms with van der Waals surface area (Å²) in [7, 11) is 1.75. The van der Waals surface area contributed by atoms with Crippen LogP contribution < -0.4 is 5.32 Å². The number of hydrogen-bond donors (Lipinski definition) is 4. The lowest BCUT2D eigenvalue weighted by Crippen LogP contribution is -2.37. The minimum absolute atomic E-state index is 0.0469. The number of rotatable bonds is 3. The second-order valence-corrected chi connectivity index (χ2v) is 6.40. The molecule has 26 heavy (non-hydrogen) atoms. The van der Waals surface area contributed by atoms with Gasteiger partial charge in [-0.25, -0.2) is 9.59 Å². The molecule has 142 valence electrons. The Hall–Kier alpha value is -2.70. The number of aromatic carboxylic acids is 2. The average molecular weight is 361 g/mol. The molecular formula is C20H27NO5. The predicted molar refractivity (Wildman–Crippen MR) is 101 cm³/mol. The van der Waals surface area contributed by atoms with Crippen LogP contribution in [-0.2, 0) is 0 Å². The van der Waals surface area contributed by atoms with E-state index in [-0.39, 0.29) is 5.41 Å². The van der Waals surface area contributed by atoms with Gasteiger partial charge in [0.15, 0.2) is 0 Å². The molecule has 0 saturated heterocycles. The van der Waals surface area contributed by atoms with Gasteiger partial charge in [-0.2, -0.15) is 0 Å². The largest absolute Gasteiger partial charge is 0.478 e. The van der Waals surface area contributed by atoms with Gasteiger partial charge in [-0.1, -0.05) is 57.2 Å². The van der Waals surface area contributed by atoms with E-state index >= 15 is 0 Å². The molecule has 0 bridgehead atoms. The van der Waals surface area contributed by atoms with Crippen molar-refractivity contribution in [2.45, 2.75) is 27.0 Å². The van der Waals surface area contributed by atoms with Crippen LogP contribution in [0.3, 0.4) is 0 Å². The summed E-state index contributed by atoms with van der Waals surface area (Å²) < 4.78 is 0. The number of carbonyl (C=O) groups is 2. The lowest BCUT2D eigenvalue weighted by atomic mass is 9.95. The van der Waals surface area contributed by atoms with Crippen LogP contribution in [-0.4, -0.2) is 40.5 Å². The maximum absolute atomic E-state index is 10.2. The minimum atomic E-state index is -0.879. The molecule has 0 aliphatic rings. The summed E-state index contributed by atoms with van der Waals surface area (Å²) in [5.41, 5.74) is 0.615. The Morgan fingerprint density at radius 1 is 0.808 bits per heavy atom. The molecule has 1 unspecified atom stereocenters. The molecule has 0 spiro atoms. The molecule has 2 aromatic rings. The lowest BCUT2D eigenvalue weighted by Gasteiger charge is -2.24. The monoisotopic (exact) mass is 361 g/mol. The first-order valence-electron chi connectivity index (χ1n) is 8.01. The van der Waals surface area contributed by atoms with Crippen molar-refractivity contribution in [1.29, 1.82) is 0 Å². The first-order valence-corrected chi connectivity index (χ1v) is 8.01. The molecule has 0 fully saturated rings. The van der Waals surface area contributed by atoms with Gasteiger partial charge in [-0.15, -0.1) is 0 Å². The molecular weight excluding hydrogens is 334 g/mol. The Bertz CT molecular complexity index is 601. The van der Waals surface area contributed by atoms with E-state index in [1.807, 2.05) is 20.8 Å². The van der Waals surface area contributed by atoms with E-state index in [0.717, 1.165) is 0 Å². The van der Waals surface area contributed by atoms with Gasteiger partial charge in [-0.05, 0) is 31.3 Å². The topological polar surface area (TPSA) is 107 Å². The van der Waals surface area contributed by atoms with Gasteiger partial charge in [-0.3, -0.25) is 5.32 Å². The number of benzene rings is 2. The third-order valence-corrected chi connectivity index (χ3v) is 3.14. The van der Waals surface area contributed by atoms with Gasteiger partial charge >= 0.3 is 11.9 Å².